The number of benzene rings is 3. The Kier molecular flexibility index (Phi) is 9.67. The molecule has 0 radical (unpaired) electrons. The molecule has 1 unspecified atom stereocenters. The summed E-state index contributed by atoms with van der Waals surface area (Å²) in [7, 11) is 0. The zero-order valence-electron chi connectivity index (χ0n) is 32.0. The zero-order valence-corrected chi connectivity index (χ0v) is 32.0. The summed E-state index contributed by atoms with van der Waals surface area (Å²) in [6.07, 6.45) is 8.99. The zero-order chi connectivity index (χ0) is 36.0. The van der Waals surface area contributed by atoms with E-state index in [1.165, 1.54) is 46.0 Å². The van der Waals surface area contributed by atoms with Gasteiger partial charge in [0.2, 0.25) is 0 Å². The van der Waals surface area contributed by atoms with Crippen LogP contribution in [0.1, 0.15) is 108 Å². The monoisotopic (exact) mass is 678 g/mol. The summed E-state index contributed by atoms with van der Waals surface area (Å²) < 4.78 is 11.2. The van der Waals surface area contributed by atoms with Gasteiger partial charge in [-0.3, -0.25) is 4.57 Å². The van der Waals surface area contributed by atoms with Crippen LogP contribution in [0.3, 0.4) is 0 Å². The van der Waals surface area contributed by atoms with E-state index in [4.69, 9.17) is 14.8 Å². The van der Waals surface area contributed by atoms with Gasteiger partial charge in [0.15, 0.2) is 0 Å². The van der Waals surface area contributed by atoms with Crippen molar-refractivity contribution in [3.63, 3.8) is 0 Å². The summed E-state index contributed by atoms with van der Waals surface area (Å²) in [4.78, 5) is 4.86. The summed E-state index contributed by atoms with van der Waals surface area (Å²) in [5.41, 5.74) is 11.1. The van der Waals surface area contributed by atoms with Gasteiger partial charge in [0.05, 0.1) is 22.4 Å². The summed E-state index contributed by atoms with van der Waals surface area (Å²) >= 11 is 0. The molecule has 3 aromatic heterocycles. The first-order chi connectivity index (χ1) is 24.6. The van der Waals surface area contributed by atoms with Crippen LogP contribution in [0.4, 0.5) is 0 Å². The minimum atomic E-state index is 0.330. The molecule has 0 fully saturated rings. The minimum Gasteiger partial charge on any atom is -0.457 e. The molecule has 3 aromatic carbocycles. The van der Waals surface area contributed by atoms with Gasteiger partial charge >= 0.3 is 0 Å². The Morgan fingerprint density at radius 2 is 1.65 bits per heavy atom. The maximum Gasteiger partial charge on any atom is 0.137 e. The normalized spacial score (nSPS) is 17.9. The lowest BCUT2D eigenvalue weighted by Gasteiger charge is -2.35. The molecule has 6 aromatic rings. The van der Waals surface area contributed by atoms with E-state index in [1.807, 2.05) is 6.20 Å². The molecule has 0 saturated carbocycles. The minimum absolute atomic E-state index is 0.330. The van der Waals surface area contributed by atoms with Crippen molar-refractivity contribution in [3.8, 4) is 23.0 Å². The Morgan fingerprint density at radius 3 is 2.39 bits per heavy atom. The number of para-hydroxylation sites is 1. The first-order valence-corrected chi connectivity index (χ1v) is 19.1. The van der Waals surface area contributed by atoms with Crippen molar-refractivity contribution in [2.45, 2.75) is 99.8 Å². The van der Waals surface area contributed by atoms with E-state index in [9.17, 15) is 0 Å². The number of hydrogen-bond donors (Lipinski definition) is 0. The third-order valence-corrected chi connectivity index (χ3v) is 11.0. The maximum absolute atomic E-state index is 6.79. The fraction of sp³-hybridized carbons (Fsp3) is 0.391. The van der Waals surface area contributed by atoms with Crippen molar-refractivity contribution in [3.05, 3.63) is 119 Å². The van der Waals surface area contributed by atoms with Crippen LogP contribution in [0.15, 0.2) is 90.6 Å². The standard InChI is InChI=1S/C46H54N4O/c1-10-34-21-30(7)22-35(11-2)46(34)45-31(8)48-50(32(45)9)37-24-36(29(5)6)25-39(26-37)51-38-16-17-41-40-14-12-13-15-42(40)49(43(41)27-38)44-23-33(18-19-47-44)20-28(3)4/h12-19,21,23-30,35,46H,10-11,20,22H2,1-9H3/t30-,35?,46-/m0/s1. The molecule has 1 aliphatic rings. The lowest BCUT2D eigenvalue weighted by Crippen LogP contribution is -2.23. The van der Waals surface area contributed by atoms with E-state index < -0.39 is 0 Å². The third-order valence-electron chi connectivity index (χ3n) is 11.0. The van der Waals surface area contributed by atoms with Crippen LogP contribution in [0.25, 0.3) is 33.3 Å². The number of fused-ring (bicyclic) bond motifs is 3. The first kappa shape index (κ1) is 34.8. The number of ether oxygens (including phenoxy) is 1. The van der Waals surface area contributed by atoms with Crippen LogP contribution in [0, 0.1) is 31.6 Å². The Balaban J connectivity index is 1.31. The highest BCUT2D eigenvalue weighted by molar-refractivity contribution is 6.09. The number of aromatic nitrogens is 4. The lowest BCUT2D eigenvalue weighted by molar-refractivity contribution is 0.347. The highest BCUT2D eigenvalue weighted by Gasteiger charge is 2.34. The number of pyridine rings is 1. The third kappa shape index (κ3) is 6.64. The molecular weight excluding hydrogens is 625 g/mol. The van der Waals surface area contributed by atoms with Gasteiger partial charge in [-0.1, -0.05) is 84.7 Å². The molecule has 5 heteroatoms. The topological polar surface area (TPSA) is 44.9 Å². The molecule has 264 valence electrons. The highest BCUT2D eigenvalue weighted by atomic mass is 16.5. The molecule has 0 amide bonds. The average molecular weight is 679 g/mol. The van der Waals surface area contributed by atoms with Crippen LogP contribution in [0.5, 0.6) is 11.5 Å². The number of rotatable bonds is 10. The predicted octanol–water partition coefficient (Wildman–Crippen LogP) is 12.6. The summed E-state index contributed by atoms with van der Waals surface area (Å²) in [6.45, 7) is 20.5. The van der Waals surface area contributed by atoms with Gasteiger partial charge < -0.3 is 4.74 Å². The van der Waals surface area contributed by atoms with E-state index in [0.29, 0.717) is 29.6 Å². The largest absolute Gasteiger partial charge is 0.457 e. The maximum atomic E-state index is 6.79. The number of aryl methyl sites for hydroxylation is 1. The van der Waals surface area contributed by atoms with E-state index in [2.05, 4.69) is 150 Å². The molecule has 1 aliphatic carbocycles. The molecule has 3 atom stereocenters. The second-order valence-corrected chi connectivity index (χ2v) is 15.6. The van der Waals surface area contributed by atoms with Gasteiger partial charge in [0.25, 0.3) is 0 Å². The Morgan fingerprint density at radius 1 is 0.863 bits per heavy atom. The van der Waals surface area contributed by atoms with Gasteiger partial charge in [-0.05, 0) is 110 Å². The number of nitrogens with zero attached hydrogens (tertiary/aromatic N) is 4. The molecule has 0 saturated heterocycles. The second kappa shape index (κ2) is 14.2. The van der Waals surface area contributed by atoms with Crippen LogP contribution in [-0.4, -0.2) is 19.3 Å². The average Bonchev–Trinajstić information content (AvgIpc) is 3.59. The molecule has 0 aliphatic heterocycles. The molecule has 51 heavy (non-hydrogen) atoms. The fourth-order valence-electron chi connectivity index (χ4n) is 8.67. The van der Waals surface area contributed by atoms with Crippen molar-refractivity contribution >= 4 is 21.8 Å². The molecule has 5 nitrogen and oxygen atoms in total. The highest BCUT2D eigenvalue weighted by Crippen LogP contribution is 2.46. The molecule has 3 heterocycles. The lowest BCUT2D eigenvalue weighted by atomic mass is 9.69. The smallest absolute Gasteiger partial charge is 0.137 e. The predicted molar refractivity (Wildman–Crippen MR) is 213 cm³/mol. The van der Waals surface area contributed by atoms with Crippen LogP contribution in [-0.2, 0) is 6.42 Å². The summed E-state index contributed by atoms with van der Waals surface area (Å²) in [6, 6.07) is 26.0. The number of allylic oxidation sites excluding steroid dienone is 2. The fourth-order valence-corrected chi connectivity index (χ4v) is 8.67. The van der Waals surface area contributed by atoms with Crippen molar-refractivity contribution in [2.75, 3.05) is 0 Å². The van der Waals surface area contributed by atoms with Gasteiger partial charge in [0.1, 0.15) is 17.3 Å². The SMILES string of the molecule is CCC1=C[C@H](C)CC(CC)[C@H]1c1c(C)nn(-c2cc(Oc3ccc4c5ccccc5n(-c5cc(CC(C)C)ccn5)c4c3)cc(C(C)C)c2)c1C. The van der Waals surface area contributed by atoms with Gasteiger partial charge in [-0.15, -0.1) is 0 Å². The van der Waals surface area contributed by atoms with Crippen LogP contribution >= 0.6 is 0 Å². The van der Waals surface area contributed by atoms with Crippen molar-refractivity contribution in [1.82, 2.24) is 19.3 Å². The molecule has 0 N–H and O–H groups in total. The van der Waals surface area contributed by atoms with Gasteiger partial charge in [-0.25, -0.2) is 9.67 Å². The summed E-state index contributed by atoms with van der Waals surface area (Å²) in [5.74, 6) is 5.13. The van der Waals surface area contributed by atoms with Crippen LogP contribution in [0.2, 0.25) is 0 Å². The second-order valence-electron chi connectivity index (χ2n) is 15.6. The molecule has 0 bridgehead atoms. The van der Waals surface area contributed by atoms with E-state index in [1.54, 1.807) is 5.57 Å². The van der Waals surface area contributed by atoms with E-state index in [0.717, 1.165) is 52.6 Å². The van der Waals surface area contributed by atoms with Crippen LogP contribution < -0.4 is 4.74 Å². The Labute approximate surface area is 304 Å². The quantitative estimate of drug-likeness (QED) is 0.135. The number of hydrogen-bond acceptors (Lipinski definition) is 3. The van der Waals surface area contributed by atoms with E-state index >= 15 is 0 Å². The molecule has 7 rings (SSSR count). The molecule has 0 spiro atoms. The van der Waals surface area contributed by atoms with Gasteiger partial charge in [0, 0.05) is 46.3 Å². The van der Waals surface area contributed by atoms with E-state index in [-0.39, 0.29) is 0 Å². The summed E-state index contributed by atoms with van der Waals surface area (Å²) in [5, 5.41) is 7.61. The Hall–Kier alpha value is -4.64. The molecular formula is C46H54N4O. The first-order valence-electron chi connectivity index (χ1n) is 19.1. The Bertz CT molecular complexity index is 2230. The van der Waals surface area contributed by atoms with Gasteiger partial charge in [-0.2, -0.15) is 5.10 Å². The van der Waals surface area contributed by atoms with Crippen molar-refractivity contribution < 1.29 is 4.74 Å². The van der Waals surface area contributed by atoms with Crippen molar-refractivity contribution in [1.29, 1.82) is 0 Å². The van der Waals surface area contributed by atoms with Crippen molar-refractivity contribution in [2.24, 2.45) is 17.8 Å².